The lowest BCUT2D eigenvalue weighted by molar-refractivity contribution is -0.0120. The summed E-state index contributed by atoms with van der Waals surface area (Å²) >= 11 is 6.45. The van der Waals surface area contributed by atoms with Crippen LogP contribution in [-0.4, -0.2) is 41.5 Å². The zero-order valence-electron chi connectivity index (χ0n) is 20.3. The van der Waals surface area contributed by atoms with Crippen molar-refractivity contribution in [2.24, 2.45) is 5.41 Å². The Kier molecular flexibility index (Phi) is 8.60. The number of benzene rings is 2. The number of fused-ring (bicyclic) bond motifs is 1. The quantitative estimate of drug-likeness (QED) is 0.360. The number of pyridine rings is 1. The molecule has 1 fully saturated rings. The second kappa shape index (κ2) is 11.7. The van der Waals surface area contributed by atoms with Crippen molar-refractivity contribution in [2.75, 3.05) is 20.2 Å². The molecule has 2 heterocycles. The zero-order chi connectivity index (χ0) is 26.6. The second-order valence-electron chi connectivity index (χ2n) is 9.34. The first-order chi connectivity index (χ1) is 17.7. The number of aliphatic hydroxyl groups excluding tert-OH is 2. The highest BCUT2D eigenvalue weighted by Crippen LogP contribution is 2.42. The van der Waals surface area contributed by atoms with Gasteiger partial charge in [0.2, 0.25) is 0 Å². The van der Waals surface area contributed by atoms with Crippen LogP contribution >= 0.6 is 11.6 Å². The van der Waals surface area contributed by atoms with Crippen molar-refractivity contribution in [3.8, 4) is 17.6 Å². The van der Waals surface area contributed by atoms with E-state index in [1.54, 1.807) is 25.3 Å². The first-order valence-corrected chi connectivity index (χ1v) is 12.4. The van der Waals surface area contributed by atoms with Crippen molar-refractivity contribution in [1.82, 2.24) is 10.3 Å². The van der Waals surface area contributed by atoms with E-state index < -0.39 is 40.6 Å². The van der Waals surface area contributed by atoms with Crippen molar-refractivity contribution < 1.29 is 28.1 Å². The van der Waals surface area contributed by atoms with Gasteiger partial charge in [0.1, 0.15) is 23.2 Å². The average Bonchev–Trinajstić information content (AvgIpc) is 2.88. The molecule has 5 nitrogen and oxygen atoms in total. The number of halogens is 4. The summed E-state index contributed by atoms with van der Waals surface area (Å²) in [5.41, 5.74) is 0.129. The third-order valence-corrected chi connectivity index (χ3v) is 7.44. The van der Waals surface area contributed by atoms with Gasteiger partial charge in [-0.15, -0.1) is 0 Å². The normalized spacial score (nSPS) is 16.6. The summed E-state index contributed by atoms with van der Waals surface area (Å²) in [5, 5.41) is 26.7. The fourth-order valence-electron chi connectivity index (χ4n) is 4.99. The third-order valence-electron chi connectivity index (χ3n) is 7.14. The van der Waals surface area contributed by atoms with E-state index in [9.17, 15) is 23.4 Å². The molecule has 1 aliphatic heterocycles. The first-order valence-electron chi connectivity index (χ1n) is 12.1. The minimum atomic E-state index is -1.09. The number of aliphatic hydroxyl groups is 2. The molecule has 1 aromatic heterocycles. The topological polar surface area (TPSA) is 74.6 Å². The van der Waals surface area contributed by atoms with Gasteiger partial charge >= 0.3 is 0 Å². The number of methoxy groups -OCH3 is 1. The van der Waals surface area contributed by atoms with E-state index in [0.29, 0.717) is 78.1 Å². The van der Waals surface area contributed by atoms with Crippen LogP contribution in [0.2, 0.25) is 5.02 Å². The fourth-order valence-corrected chi connectivity index (χ4v) is 5.27. The Bertz CT molecular complexity index is 1310. The zero-order valence-corrected chi connectivity index (χ0v) is 21.1. The Morgan fingerprint density at radius 3 is 2.51 bits per heavy atom. The number of nitrogens with zero attached hydrogens (tertiary/aromatic N) is 1. The van der Waals surface area contributed by atoms with E-state index in [1.165, 1.54) is 6.20 Å². The number of piperidine rings is 1. The summed E-state index contributed by atoms with van der Waals surface area (Å²) in [5.74, 6) is 2.48. The maximum Gasteiger partial charge on any atom is 0.144 e. The molecule has 0 spiro atoms. The lowest BCUT2D eigenvalue weighted by Gasteiger charge is -2.41. The lowest BCUT2D eigenvalue weighted by atomic mass is 9.69. The van der Waals surface area contributed by atoms with Crippen LogP contribution in [0.3, 0.4) is 0 Å². The molecule has 9 heteroatoms. The summed E-state index contributed by atoms with van der Waals surface area (Å²) in [7, 11) is 1.55. The molecule has 3 aromatic rings. The van der Waals surface area contributed by atoms with Crippen LogP contribution in [0.4, 0.5) is 13.2 Å². The number of ether oxygens (including phenoxy) is 1. The van der Waals surface area contributed by atoms with Gasteiger partial charge in [-0.3, -0.25) is 4.98 Å². The molecule has 0 aliphatic carbocycles. The molecular weight excluding hydrogens is 505 g/mol. The molecule has 0 unspecified atom stereocenters. The first kappa shape index (κ1) is 27.2. The molecule has 196 valence electrons. The van der Waals surface area contributed by atoms with Gasteiger partial charge in [-0.1, -0.05) is 23.4 Å². The van der Waals surface area contributed by atoms with E-state index in [1.807, 2.05) is 0 Å². The predicted octanol–water partition coefficient (Wildman–Crippen LogP) is 5.30. The largest absolute Gasteiger partial charge is 0.497 e. The highest BCUT2D eigenvalue weighted by molar-refractivity contribution is 6.32. The van der Waals surface area contributed by atoms with Gasteiger partial charge in [0, 0.05) is 35.7 Å². The third kappa shape index (κ3) is 6.02. The summed E-state index contributed by atoms with van der Waals surface area (Å²) in [6.07, 6.45) is 1.74. The van der Waals surface area contributed by atoms with E-state index >= 15 is 0 Å². The monoisotopic (exact) mass is 532 g/mol. The summed E-state index contributed by atoms with van der Waals surface area (Å²) in [4.78, 5) is 4.33. The Balaban J connectivity index is 1.53. The van der Waals surface area contributed by atoms with Crippen molar-refractivity contribution in [3.63, 3.8) is 0 Å². The number of hydrogen-bond acceptors (Lipinski definition) is 5. The Hall–Kier alpha value is -2.83. The molecule has 1 saturated heterocycles. The minimum Gasteiger partial charge on any atom is -0.497 e. The Morgan fingerprint density at radius 2 is 1.84 bits per heavy atom. The van der Waals surface area contributed by atoms with Gasteiger partial charge < -0.3 is 20.3 Å². The van der Waals surface area contributed by atoms with Crippen LogP contribution in [0.5, 0.6) is 5.75 Å². The van der Waals surface area contributed by atoms with Gasteiger partial charge in [-0.25, -0.2) is 13.2 Å². The SMILES string of the molecule is COc1ccc2ncc(Cl)c([C@H](O)CCC3([C@@H](O)CC#Cc4c(F)cc(F)cc4F)CCNCC3)c2c1. The van der Waals surface area contributed by atoms with Gasteiger partial charge in [-0.2, -0.15) is 0 Å². The molecule has 0 saturated carbocycles. The Morgan fingerprint density at radius 1 is 1.14 bits per heavy atom. The van der Waals surface area contributed by atoms with Crippen LogP contribution in [0, 0.1) is 34.7 Å². The number of nitrogens with one attached hydrogen (secondary N) is 1. The number of hydrogen-bond donors (Lipinski definition) is 3. The maximum absolute atomic E-state index is 13.9. The molecule has 1 aliphatic rings. The molecule has 2 aromatic carbocycles. The highest BCUT2D eigenvalue weighted by atomic mass is 35.5. The van der Waals surface area contributed by atoms with Crippen LogP contribution in [0.25, 0.3) is 10.9 Å². The summed E-state index contributed by atoms with van der Waals surface area (Å²) in [6, 6.07) is 6.51. The molecule has 0 bridgehead atoms. The van der Waals surface area contributed by atoms with Crippen molar-refractivity contribution in [2.45, 2.75) is 44.3 Å². The molecule has 4 rings (SSSR count). The molecule has 3 N–H and O–H groups in total. The van der Waals surface area contributed by atoms with Gasteiger partial charge in [0.05, 0.1) is 35.4 Å². The molecule has 0 radical (unpaired) electrons. The standard InChI is InChI=1S/C28H28ClF3N2O3/c1-37-18-5-6-24-20(15-18)27(21(29)16-34-24)25(35)7-8-28(9-11-33-12-10-28)26(36)4-2-3-19-22(31)13-17(30)14-23(19)32/h5-6,13-16,25-26,33,35-36H,4,7-12H2,1H3/t25-,26+/m1/s1. The molecule has 2 atom stereocenters. The average molecular weight is 533 g/mol. The highest BCUT2D eigenvalue weighted by Gasteiger charge is 2.39. The van der Waals surface area contributed by atoms with Crippen molar-refractivity contribution in [1.29, 1.82) is 0 Å². The van der Waals surface area contributed by atoms with E-state index in [2.05, 4.69) is 22.1 Å². The Labute approximate surface area is 218 Å². The van der Waals surface area contributed by atoms with Crippen molar-refractivity contribution >= 4 is 22.5 Å². The molecule has 0 amide bonds. The lowest BCUT2D eigenvalue weighted by Crippen LogP contribution is -2.44. The van der Waals surface area contributed by atoms with Crippen LogP contribution < -0.4 is 10.1 Å². The number of aromatic nitrogens is 1. The smallest absolute Gasteiger partial charge is 0.144 e. The molecular formula is C28H28ClF3N2O3. The maximum atomic E-state index is 13.9. The van der Waals surface area contributed by atoms with Crippen LogP contribution in [0.1, 0.15) is 49.3 Å². The van der Waals surface area contributed by atoms with Crippen molar-refractivity contribution in [3.05, 3.63) is 70.1 Å². The van der Waals surface area contributed by atoms with Gasteiger partial charge in [-0.05, 0) is 62.4 Å². The van der Waals surface area contributed by atoms with Crippen LogP contribution in [0.15, 0.2) is 36.5 Å². The minimum absolute atomic E-state index is 0.0253. The van der Waals surface area contributed by atoms with Crippen LogP contribution in [-0.2, 0) is 0 Å². The number of rotatable bonds is 7. The van der Waals surface area contributed by atoms with E-state index in [-0.39, 0.29) is 6.42 Å². The molecule has 37 heavy (non-hydrogen) atoms. The fraction of sp³-hybridized carbons (Fsp3) is 0.393. The second-order valence-corrected chi connectivity index (χ2v) is 9.74. The van der Waals surface area contributed by atoms with Gasteiger partial charge in [0.25, 0.3) is 0 Å². The summed E-state index contributed by atoms with van der Waals surface area (Å²) < 4.78 is 46.3. The summed E-state index contributed by atoms with van der Waals surface area (Å²) in [6.45, 7) is 1.36. The van der Waals surface area contributed by atoms with Gasteiger partial charge in [0.15, 0.2) is 0 Å². The van der Waals surface area contributed by atoms with E-state index in [4.69, 9.17) is 16.3 Å². The predicted molar refractivity (Wildman–Crippen MR) is 136 cm³/mol. The van der Waals surface area contributed by atoms with E-state index in [0.717, 1.165) is 0 Å².